The summed E-state index contributed by atoms with van der Waals surface area (Å²) in [6.07, 6.45) is 0.473. The molecule has 1 unspecified atom stereocenters. The number of rotatable bonds is 3. The van der Waals surface area contributed by atoms with Gasteiger partial charge in [-0.25, -0.2) is 0 Å². The van der Waals surface area contributed by atoms with E-state index in [9.17, 15) is 4.79 Å². The van der Waals surface area contributed by atoms with Crippen molar-refractivity contribution in [3.8, 4) is 5.75 Å². The first-order chi connectivity index (χ1) is 7.99. The molecule has 1 saturated heterocycles. The van der Waals surface area contributed by atoms with Gasteiger partial charge in [-0.3, -0.25) is 9.69 Å². The van der Waals surface area contributed by atoms with Crippen molar-refractivity contribution in [3.05, 3.63) is 29.8 Å². The highest BCUT2D eigenvalue weighted by Gasteiger charge is 2.40. The summed E-state index contributed by atoms with van der Waals surface area (Å²) in [5.74, 6) is -0.709. The number of phenols is 1. The Bertz CT molecular complexity index is 418. The number of carbonyl (C=O) groups is 1. The summed E-state index contributed by atoms with van der Waals surface area (Å²) in [4.78, 5) is 13.0. The molecule has 5 heteroatoms. The second-order valence-electron chi connectivity index (χ2n) is 4.59. The summed E-state index contributed by atoms with van der Waals surface area (Å²) in [6, 6.07) is 6.90. The lowest BCUT2D eigenvalue weighted by atomic mass is 10.0. The first-order valence-corrected chi connectivity index (χ1v) is 5.52. The van der Waals surface area contributed by atoms with Crippen LogP contribution < -0.4 is 5.73 Å². The van der Waals surface area contributed by atoms with Crippen molar-refractivity contribution in [2.75, 3.05) is 13.1 Å². The Labute approximate surface area is 99.5 Å². The maximum atomic E-state index is 11.0. The smallest absolute Gasteiger partial charge is 0.325 e. The van der Waals surface area contributed by atoms with Gasteiger partial charge in [0.2, 0.25) is 0 Å². The molecule has 0 aromatic heterocycles. The lowest BCUT2D eigenvalue weighted by molar-refractivity contribution is -0.142. The summed E-state index contributed by atoms with van der Waals surface area (Å²) < 4.78 is 0. The number of aliphatic carboxylic acids is 1. The molecule has 1 fully saturated rings. The van der Waals surface area contributed by atoms with E-state index in [2.05, 4.69) is 0 Å². The third-order valence-electron chi connectivity index (χ3n) is 3.15. The molecule has 1 aliphatic heterocycles. The van der Waals surface area contributed by atoms with Crippen molar-refractivity contribution in [2.45, 2.75) is 18.5 Å². The summed E-state index contributed by atoms with van der Waals surface area (Å²) in [5.41, 5.74) is 5.71. The van der Waals surface area contributed by atoms with Crippen LogP contribution in [0.2, 0.25) is 0 Å². The van der Waals surface area contributed by atoms with Gasteiger partial charge >= 0.3 is 5.97 Å². The number of aromatic hydroxyl groups is 1. The van der Waals surface area contributed by atoms with Crippen molar-refractivity contribution in [1.82, 2.24) is 4.90 Å². The molecule has 0 radical (unpaired) electrons. The van der Waals surface area contributed by atoms with E-state index >= 15 is 0 Å². The molecular weight excluding hydrogens is 220 g/mol. The number of carboxylic acid groups (broad SMARTS) is 1. The number of nitrogens with zero attached hydrogens (tertiary/aromatic N) is 1. The molecule has 0 amide bonds. The minimum Gasteiger partial charge on any atom is -0.508 e. The van der Waals surface area contributed by atoms with E-state index in [0.29, 0.717) is 26.1 Å². The number of hydrogen-bond acceptors (Lipinski definition) is 4. The first kappa shape index (κ1) is 11.9. The second kappa shape index (κ2) is 4.35. The highest BCUT2D eigenvalue weighted by atomic mass is 16.4. The van der Waals surface area contributed by atoms with Crippen LogP contribution in [-0.2, 0) is 11.3 Å². The quantitative estimate of drug-likeness (QED) is 0.706. The Morgan fingerprint density at radius 2 is 2.06 bits per heavy atom. The molecule has 0 spiro atoms. The fourth-order valence-electron chi connectivity index (χ4n) is 2.08. The molecule has 1 aromatic rings. The third-order valence-corrected chi connectivity index (χ3v) is 3.15. The van der Waals surface area contributed by atoms with Gasteiger partial charge in [0, 0.05) is 19.6 Å². The van der Waals surface area contributed by atoms with Crippen molar-refractivity contribution < 1.29 is 15.0 Å². The molecule has 1 aromatic carbocycles. The zero-order valence-electron chi connectivity index (χ0n) is 9.47. The van der Waals surface area contributed by atoms with Crippen molar-refractivity contribution >= 4 is 5.97 Å². The molecule has 0 bridgehead atoms. The van der Waals surface area contributed by atoms with Gasteiger partial charge in [0.05, 0.1) is 0 Å². The minimum absolute atomic E-state index is 0.230. The highest BCUT2D eigenvalue weighted by molar-refractivity contribution is 5.79. The Hall–Kier alpha value is -1.59. The lowest BCUT2D eigenvalue weighted by Gasteiger charge is -2.20. The van der Waals surface area contributed by atoms with Gasteiger partial charge in [-0.1, -0.05) is 12.1 Å². The van der Waals surface area contributed by atoms with E-state index in [1.807, 2.05) is 17.0 Å². The van der Waals surface area contributed by atoms with Crippen molar-refractivity contribution in [3.63, 3.8) is 0 Å². The number of nitrogens with two attached hydrogens (primary N) is 1. The van der Waals surface area contributed by atoms with Crippen LogP contribution in [-0.4, -0.2) is 39.7 Å². The number of hydrogen-bond donors (Lipinski definition) is 3. The molecule has 1 heterocycles. The predicted octanol–water partition coefficient (Wildman–Crippen LogP) is 0.380. The topological polar surface area (TPSA) is 86.8 Å². The molecule has 0 saturated carbocycles. The monoisotopic (exact) mass is 236 g/mol. The molecule has 5 nitrogen and oxygen atoms in total. The maximum absolute atomic E-state index is 11.0. The molecular formula is C12H16N2O3. The Morgan fingerprint density at radius 3 is 2.59 bits per heavy atom. The first-order valence-electron chi connectivity index (χ1n) is 5.52. The van der Waals surface area contributed by atoms with Crippen molar-refractivity contribution in [1.29, 1.82) is 0 Å². The second-order valence-corrected chi connectivity index (χ2v) is 4.59. The molecule has 2 rings (SSSR count). The Kier molecular flexibility index (Phi) is 3.04. The molecule has 17 heavy (non-hydrogen) atoms. The van der Waals surface area contributed by atoms with Crippen LogP contribution in [0.1, 0.15) is 12.0 Å². The van der Waals surface area contributed by atoms with Gasteiger partial charge in [-0.2, -0.15) is 0 Å². The number of carboxylic acids is 1. The Balaban J connectivity index is 1.98. The van der Waals surface area contributed by atoms with E-state index in [1.54, 1.807) is 12.1 Å². The number of phenolic OH excluding ortho intramolecular Hbond substituents is 1. The van der Waals surface area contributed by atoms with E-state index < -0.39 is 11.5 Å². The average Bonchev–Trinajstić information content (AvgIpc) is 2.65. The minimum atomic E-state index is -1.11. The van der Waals surface area contributed by atoms with Gasteiger partial charge in [0.1, 0.15) is 11.3 Å². The van der Waals surface area contributed by atoms with E-state index in [4.69, 9.17) is 15.9 Å². The van der Waals surface area contributed by atoms with Crippen molar-refractivity contribution in [2.24, 2.45) is 5.73 Å². The molecule has 0 aliphatic carbocycles. The Morgan fingerprint density at radius 1 is 1.41 bits per heavy atom. The highest BCUT2D eigenvalue weighted by Crippen LogP contribution is 2.21. The van der Waals surface area contributed by atoms with Crippen LogP contribution in [0.3, 0.4) is 0 Å². The SMILES string of the molecule is NC1(C(=O)O)CCN(Cc2ccc(O)cc2)C1. The van der Waals surface area contributed by atoms with Gasteiger partial charge < -0.3 is 15.9 Å². The summed E-state index contributed by atoms with van der Waals surface area (Å²) in [5, 5.41) is 18.2. The largest absolute Gasteiger partial charge is 0.508 e. The zero-order chi connectivity index (χ0) is 12.5. The lowest BCUT2D eigenvalue weighted by Crippen LogP contribution is -2.50. The summed E-state index contributed by atoms with van der Waals surface area (Å²) in [6.45, 7) is 1.71. The number of benzene rings is 1. The molecule has 4 N–H and O–H groups in total. The molecule has 92 valence electrons. The summed E-state index contributed by atoms with van der Waals surface area (Å²) in [7, 11) is 0. The van der Waals surface area contributed by atoms with Gasteiger partial charge in [-0.15, -0.1) is 0 Å². The molecule has 1 atom stereocenters. The van der Waals surface area contributed by atoms with Crippen LogP contribution in [0.4, 0.5) is 0 Å². The van der Waals surface area contributed by atoms with Crippen LogP contribution >= 0.6 is 0 Å². The summed E-state index contributed by atoms with van der Waals surface area (Å²) >= 11 is 0. The normalized spacial score (nSPS) is 25.0. The predicted molar refractivity (Wildman–Crippen MR) is 62.6 cm³/mol. The average molecular weight is 236 g/mol. The fraction of sp³-hybridized carbons (Fsp3) is 0.417. The van der Waals surface area contributed by atoms with Gasteiger partial charge in [0.15, 0.2) is 0 Å². The standard InChI is InChI=1S/C12H16N2O3/c13-12(11(16)17)5-6-14(8-12)7-9-1-3-10(15)4-2-9/h1-4,15H,5-8,13H2,(H,16,17). The zero-order valence-corrected chi connectivity index (χ0v) is 9.47. The fourth-order valence-corrected chi connectivity index (χ4v) is 2.08. The van der Waals surface area contributed by atoms with Gasteiger partial charge in [0.25, 0.3) is 0 Å². The van der Waals surface area contributed by atoms with Crippen LogP contribution in [0.15, 0.2) is 24.3 Å². The van der Waals surface area contributed by atoms with E-state index in [0.717, 1.165) is 5.56 Å². The maximum Gasteiger partial charge on any atom is 0.325 e. The number of likely N-dealkylation sites (tertiary alicyclic amines) is 1. The van der Waals surface area contributed by atoms with Crippen LogP contribution in [0, 0.1) is 0 Å². The van der Waals surface area contributed by atoms with Crippen LogP contribution in [0.25, 0.3) is 0 Å². The van der Waals surface area contributed by atoms with E-state index in [-0.39, 0.29) is 5.75 Å². The van der Waals surface area contributed by atoms with Crippen LogP contribution in [0.5, 0.6) is 5.75 Å². The van der Waals surface area contributed by atoms with E-state index in [1.165, 1.54) is 0 Å². The third kappa shape index (κ3) is 2.57. The molecule has 1 aliphatic rings. The van der Waals surface area contributed by atoms with Gasteiger partial charge in [-0.05, 0) is 24.1 Å².